The van der Waals surface area contributed by atoms with Gasteiger partial charge in [-0.1, -0.05) is 106 Å². The summed E-state index contributed by atoms with van der Waals surface area (Å²) in [6.45, 7) is 16.0. The Balaban J connectivity index is 3.08. The third-order valence-corrected chi connectivity index (χ3v) is 4.93. The van der Waals surface area contributed by atoms with Crippen molar-refractivity contribution in [1.29, 1.82) is 0 Å². The molecule has 25 heavy (non-hydrogen) atoms. The molecule has 0 aliphatic rings. The van der Waals surface area contributed by atoms with Gasteiger partial charge < -0.3 is 4.74 Å². The Morgan fingerprint density at radius 2 is 0.680 bits per heavy atom. The first-order valence-corrected chi connectivity index (χ1v) is 11.3. The summed E-state index contributed by atoms with van der Waals surface area (Å²) in [6.07, 6.45) is 19.2. The van der Waals surface area contributed by atoms with E-state index in [1.165, 1.54) is 89.9 Å². The van der Waals surface area contributed by atoms with Gasteiger partial charge in [-0.15, -0.1) is 0 Å². The van der Waals surface area contributed by atoms with Gasteiger partial charge in [0, 0.05) is 13.2 Å². The Morgan fingerprint density at radius 3 is 1.00 bits per heavy atom. The topological polar surface area (TPSA) is 9.23 Å². The highest BCUT2D eigenvalue weighted by molar-refractivity contribution is 4.61. The molecule has 0 rings (SSSR count). The van der Waals surface area contributed by atoms with Crippen LogP contribution < -0.4 is 0 Å². The van der Waals surface area contributed by atoms with E-state index in [1.54, 1.807) is 0 Å². The van der Waals surface area contributed by atoms with E-state index in [9.17, 15) is 0 Å². The predicted octanol–water partition coefficient (Wildman–Crippen LogP) is 8.56. The molecule has 0 fully saturated rings. The summed E-state index contributed by atoms with van der Waals surface area (Å²) in [5.41, 5.74) is 1.03. The molecule has 0 aromatic rings. The second-order valence-corrected chi connectivity index (χ2v) is 10.5. The summed E-state index contributed by atoms with van der Waals surface area (Å²) in [4.78, 5) is 0. The van der Waals surface area contributed by atoms with Crippen LogP contribution in [-0.4, -0.2) is 13.2 Å². The van der Waals surface area contributed by atoms with Crippen LogP contribution in [0.2, 0.25) is 0 Å². The van der Waals surface area contributed by atoms with Gasteiger partial charge in [0.2, 0.25) is 0 Å². The fourth-order valence-corrected chi connectivity index (χ4v) is 3.24. The molecule has 0 heterocycles. The molecule has 0 saturated heterocycles. The Bertz CT molecular complexity index is 241. The van der Waals surface area contributed by atoms with E-state index in [4.69, 9.17) is 4.74 Å². The minimum absolute atomic E-state index is 0.514. The summed E-state index contributed by atoms with van der Waals surface area (Å²) >= 11 is 0. The van der Waals surface area contributed by atoms with Crippen molar-refractivity contribution in [2.75, 3.05) is 13.2 Å². The van der Waals surface area contributed by atoms with Crippen LogP contribution in [0.1, 0.15) is 131 Å². The highest BCUT2D eigenvalue weighted by atomic mass is 16.5. The Hall–Kier alpha value is -0.0400. The van der Waals surface area contributed by atoms with E-state index in [2.05, 4.69) is 41.5 Å². The average Bonchev–Trinajstić information content (AvgIpc) is 2.48. The van der Waals surface area contributed by atoms with Crippen LogP contribution in [0.4, 0.5) is 0 Å². The molecule has 0 aliphatic heterocycles. The number of rotatable bonds is 16. The monoisotopic (exact) mass is 354 g/mol. The molecule has 0 unspecified atom stereocenters. The van der Waals surface area contributed by atoms with Crippen molar-refractivity contribution in [3.63, 3.8) is 0 Å². The van der Waals surface area contributed by atoms with Crippen molar-refractivity contribution in [2.24, 2.45) is 10.8 Å². The van der Waals surface area contributed by atoms with Gasteiger partial charge in [-0.2, -0.15) is 0 Å². The van der Waals surface area contributed by atoms with Crippen LogP contribution in [-0.2, 0) is 4.74 Å². The van der Waals surface area contributed by atoms with Crippen LogP contribution in [0, 0.1) is 10.8 Å². The smallest absolute Gasteiger partial charge is 0.0466 e. The molecule has 0 atom stereocenters. The molecule has 152 valence electrons. The van der Waals surface area contributed by atoms with E-state index in [-0.39, 0.29) is 0 Å². The highest BCUT2D eigenvalue weighted by Gasteiger charge is 2.09. The van der Waals surface area contributed by atoms with Crippen LogP contribution in [0.15, 0.2) is 0 Å². The molecule has 0 bridgehead atoms. The molecule has 0 N–H and O–H groups in total. The first-order valence-electron chi connectivity index (χ1n) is 11.3. The zero-order valence-electron chi connectivity index (χ0n) is 18.7. The molecule has 0 amide bonds. The fourth-order valence-electron chi connectivity index (χ4n) is 3.24. The van der Waals surface area contributed by atoms with Crippen molar-refractivity contribution < 1.29 is 4.74 Å². The number of hydrogen-bond acceptors (Lipinski definition) is 1. The summed E-state index contributed by atoms with van der Waals surface area (Å²) in [5, 5.41) is 0. The second-order valence-electron chi connectivity index (χ2n) is 10.5. The third-order valence-electron chi connectivity index (χ3n) is 4.93. The lowest BCUT2D eigenvalue weighted by molar-refractivity contribution is 0.125. The Labute approximate surface area is 160 Å². The normalized spacial score (nSPS) is 12.7. The maximum Gasteiger partial charge on any atom is 0.0466 e. The molecule has 0 aromatic carbocycles. The minimum atomic E-state index is 0.514. The number of ether oxygens (including phenoxy) is 1. The highest BCUT2D eigenvalue weighted by Crippen LogP contribution is 2.23. The zero-order valence-corrected chi connectivity index (χ0v) is 18.7. The van der Waals surface area contributed by atoms with Crippen molar-refractivity contribution in [2.45, 2.75) is 131 Å². The van der Waals surface area contributed by atoms with Crippen molar-refractivity contribution in [1.82, 2.24) is 0 Å². The maximum absolute atomic E-state index is 5.78. The molecule has 1 nitrogen and oxygen atoms in total. The molecule has 0 radical (unpaired) electrons. The third kappa shape index (κ3) is 24.0. The second kappa shape index (κ2) is 15.1. The number of unbranched alkanes of at least 4 members (excludes halogenated alkanes) is 10. The van der Waals surface area contributed by atoms with Gasteiger partial charge >= 0.3 is 0 Å². The van der Waals surface area contributed by atoms with E-state index >= 15 is 0 Å². The standard InChI is InChI=1S/C24H50O/c1-23(2,3)19-15-11-7-9-13-17-21-25-22-18-14-10-8-12-16-20-24(4,5)6/h7-22H2,1-6H3. The largest absolute Gasteiger partial charge is 0.381 e. The first kappa shape index (κ1) is 25.0. The minimum Gasteiger partial charge on any atom is -0.381 e. The molecule has 0 saturated carbocycles. The molecule has 0 aromatic heterocycles. The van der Waals surface area contributed by atoms with Gasteiger partial charge in [0.05, 0.1) is 0 Å². The lowest BCUT2D eigenvalue weighted by atomic mass is 9.89. The van der Waals surface area contributed by atoms with E-state index < -0.39 is 0 Å². The fraction of sp³-hybridized carbons (Fsp3) is 1.00. The van der Waals surface area contributed by atoms with Crippen molar-refractivity contribution in [3.05, 3.63) is 0 Å². The van der Waals surface area contributed by atoms with Crippen LogP contribution in [0.5, 0.6) is 0 Å². The Kier molecular flexibility index (Phi) is 15.0. The SMILES string of the molecule is CC(C)(C)CCCCCCCCOCCCCCCCCC(C)(C)C. The molecule has 0 aliphatic carbocycles. The van der Waals surface area contributed by atoms with E-state index in [0.717, 1.165) is 13.2 Å². The summed E-state index contributed by atoms with van der Waals surface area (Å²) < 4.78 is 5.78. The summed E-state index contributed by atoms with van der Waals surface area (Å²) in [6, 6.07) is 0. The Morgan fingerprint density at radius 1 is 0.400 bits per heavy atom. The molecule has 1 heteroatoms. The molecular formula is C24H50O. The quantitative estimate of drug-likeness (QED) is 0.252. The van der Waals surface area contributed by atoms with Gasteiger partial charge in [0.15, 0.2) is 0 Å². The average molecular weight is 355 g/mol. The molecular weight excluding hydrogens is 304 g/mol. The van der Waals surface area contributed by atoms with Gasteiger partial charge in [0.1, 0.15) is 0 Å². The summed E-state index contributed by atoms with van der Waals surface area (Å²) in [7, 11) is 0. The first-order chi connectivity index (χ1) is 11.7. The number of hydrogen-bond donors (Lipinski definition) is 0. The van der Waals surface area contributed by atoms with Crippen LogP contribution >= 0.6 is 0 Å². The molecule has 0 spiro atoms. The van der Waals surface area contributed by atoms with Gasteiger partial charge in [-0.05, 0) is 36.5 Å². The van der Waals surface area contributed by atoms with Gasteiger partial charge in [-0.3, -0.25) is 0 Å². The van der Waals surface area contributed by atoms with Gasteiger partial charge in [-0.25, -0.2) is 0 Å². The van der Waals surface area contributed by atoms with Crippen molar-refractivity contribution >= 4 is 0 Å². The summed E-state index contributed by atoms with van der Waals surface area (Å²) in [5.74, 6) is 0. The predicted molar refractivity (Wildman–Crippen MR) is 114 cm³/mol. The lowest BCUT2D eigenvalue weighted by Gasteiger charge is -2.17. The van der Waals surface area contributed by atoms with Crippen LogP contribution in [0.3, 0.4) is 0 Å². The van der Waals surface area contributed by atoms with Crippen LogP contribution in [0.25, 0.3) is 0 Å². The lowest BCUT2D eigenvalue weighted by Crippen LogP contribution is -2.03. The maximum atomic E-state index is 5.78. The zero-order chi connectivity index (χ0) is 19.0. The van der Waals surface area contributed by atoms with Gasteiger partial charge in [0.25, 0.3) is 0 Å². The van der Waals surface area contributed by atoms with E-state index in [0.29, 0.717) is 10.8 Å². The van der Waals surface area contributed by atoms with E-state index in [1.807, 2.05) is 0 Å². The van der Waals surface area contributed by atoms with Crippen molar-refractivity contribution in [3.8, 4) is 0 Å².